The van der Waals surface area contributed by atoms with Crippen molar-refractivity contribution in [2.24, 2.45) is 23.7 Å². The third-order valence-corrected chi connectivity index (χ3v) is 6.69. The van der Waals surface area contributed by atoms with Gasteiger partial charge in [-0.3, -0.25) is 9.59 Å². The molecular weight excluding hydrogens is 421 g/mol. The Morgan fingerprint density at radius 1 is 1.19 bits per heavy atom. The first kappa shape index (κ1) is 23.9. The van der Waals surface area contributed by atoms with E-state index < -0.39 is 17.3 Å². The van der Waals surface area contributed by atoms with E-state index in [0.717, 1.165) is 18.9 Å². The predicted octanol–water partition coefficient (Wildman–Crippen LogP) is 3.27. The SMILES string of the molecule is CNC(=O)[C@@H]1CN(c2ccc(C#N)c(C(F)(F)F)c2)C[C@H]1C1CCN(C(=O)C(C)C)CC1. The molecule has 1 aromatic carbocycles. The third kappa shape index (κ3) is 4.84. The summed E-state index contributed by atoms with van der Waals surface area (Å²) in [5, 5.41) is 11.7. The number of likely N-dealkylation sites (tertiary alicyclic amines) is 1. The second kappa shape index (κ2) is 9.39. The fourth-order valence-electron chi connectivity index (χ4n) is 4.95. The van der Waals surface area contributed by atoms with Crippen LogP contribution in [0.15, 0.2) is 18.2 Å². The fraction of sp³-hybridized carbons (Fsp3) is 0.609. The third-order valence-electron chi connectivity index (χ3n) is 6.69. The summed E-state index contributed by atoms with van der Waals surface area (Å²) < 4.78 is 40.3. The number of nitriles is 1. The van der Waals surface area contributed by atoms with Gasteiger partial charge >= 0.3 is 6.18 Å². The van der Waals surface area contributed by atoms with Gasteiger partial charge in [-0.15, -0.1) is 0 Å². The quantitative estimate of drug-likeness (QED) is 0.764. The Labute approximate surface area is 186 Å². The summed E-state index contributed by atoms with van der Waals surface area (Å²) in [7, 11) is 1.56. The zero-order chi connectivity index (χ0) is 23.6. The van der Waals surface area contributed by atoms with Crippen LogP contribution in [0.2, 0.25) is 0 Å². The maximum Gasteiger partial charge on any atom is 0.417 e. The van der Waals surface area contributed by atoms with Crippen LogP contribution in [0.3, 0.4) is 0 Å². The molecule has 6 nitrogen and oxygen atoms in total. The number of nitrogens with zero attached hydrogens (tertiary/aromatic N) is 3. The minimum absolute atomic E-state index is 0.0174. The molecule has 2 heterocycles. The summed E-state index contributed by atoms with van der Waals surface area (Å²) in [6, 6.07) is 5.31. The molecule has 0 bridgehead atoms. The summed E-state index contributed by atoms with van der Waals surface area (Å²) in [6.07, 6.45) is -3.09. The highest BCUT2D eigenvalue weighted by molar-refractivity contribution is 5.80. The van der Waals surface area contributed by atoms with Crippen molar-refractivity contribution < 1.29 is 22.8 Å². The number of alkyl halides is 3. The number of amides is 2. The summed E-state index contributed by atoms with van der Waals surface area (Å²) in [5.74, 6) is -0.219. The molecule has 9 heteroatoms. The lowest BCUT2D eigenvalue weighted by Gasteiger charge is -2.37. The van der Waals surface area contributed by atoms with Crippen LogP contribution in [0.4, 0.5) is 18.9 Å². The zero-order valence-corrected chi connectivity index (χ0v) is 18.6. The van der Waals surface area contributed by atoms with Crippen molar-refractivity contribution in [1.29, 1.82) is 5.26 Å². The Hall–Kier alpha value is -2.76. The molecule has 0 radical (unpaired) electrons. The molecule has 1 N–H and O–H groups in total. The van der Waals surface area contributed by atoms with E-state index in [1.165, 1.54) is 12.1 Å². The zero-order valence-electron chi connectivity index (χ0n) is 18.6. The van der Waals surface area contributed by atoms with Crippen molar-refractivity contribution in [3.8, 4) is 6.07 Å². The van der Waals surface area contributed by atoms with Crippen LogP contribution < -0.4 is 10.2 Å². The molecule has 0 spiro atoms. The van der Waals surface area contributed by atoms with Crippen LogP contribution in [0.1, 0.15) is 37.8 Å². The lowest BCUT2D eigenvalue weighted by atomic mass is 9.78. The molecule has 2 fully saturated rings. The van der Waals surface area contributed by atoms with E-state index in [4.69, 9.17) is 5.26 Å². The second-order valence-corrected chi connectivity index (χ2v) is 8.95. The van der Waals surface area contributed by atoms with Crippen molar-refractivity contribution in [2.45, 2.75) is 32.9 Å². The number of anilines is 1. The molecule has 2 amide bonds. The first-order chi connectivity index (χ1) is 15.1. The van der Waals surface area contributed by atoms with Crippen LogP contribution in [0, 0.1) is 35.0 Å². The van der Waals surface area contributed by atoms with Gasteiger partial charge in [0.1, 0.15) is 0 Å². The molecular formula is C23H29F3N4O2. The second-order valence-electron chi connectivity index (χ2n) is 8.95. The van der Waals surface area contributed by atoms with Gasteiger partial charge in [0, 0.05) is 44.8 Å². The maximum absolute atomic E-state index is 13.4. The highest BCUT2D eigenvalue weighted by atomic mass is 19.4. The Bertz CT molecular complexity index is 901. The van der Waals surface area contributed by atoms with Gasteiger partial charge in [0.25, 0.3) is 0 Å². The Morgan fingerprint density at radius 2 is 1.84 bits per heavy atom. The molecule has 2 atom stereocenters. The summed E-state index contributed by atoms with van der Waals surface area (Å²) in [4.78, 5) is 28.6. The minimum atomic E-state index is -4.63. The minimum Gasteiger partial charge on any atom is -0.370 e. The number of rotatable bonds is 4. The first-order valence-corrected chi connectivity index (χ1v) is 10.9. The normalized spacial score (nSPS) is 22.2. The number of hydrogen-bond donors (Lipinski definition) is 1. The van der Waals surface area contributed by atoms with Crippen molar-refractivity contribution in [3.05, 3.63) is 29.3 Å². The van der Waals surface area contributed by atoms with Crippen LogP contribution >= 0.6 is 0 Å². The molecule has 32 heavy (non-hydrogen) atoms. The summed E-state index contributed by atoms with van der Waals surface area (Å²) >= 11 is 0. The molecule has 1 aromatic rings. The lowest BCUT2D eigenvalue weighted by Crippen LogP contribution is -2.44. The number of halogens is 3. The highest BCUT2D eigenvalue weighted by Crippen LogP contribution is 2.40. The van der Waals surface area contributed by atoms with Crippen LogP contribution in [-0.2, 0) is 15.8 Å². The molecule has 174 valence electrons. The van der Waals surface area contributed by atoms with Crippen molar-refractivity contribution >= 4 is 17.5 Å². The standard InChI is InChI=1S/C23H29F3N4O2/c1-14(2)22(32)29-8-6-15(7-9-29)18-12-30(13-19(18)21(31)28-3)17-5-4-16(11-27)20(10-17)23(24,25)26/h4-5,10,14-15,18-19H,6-9,12-13H2,1-3H3,(H,28,31)/t18-,19+/m0/s1. The van der Waals surface area contributed by atoms with Crippen LogP contribution in [0.25, 0.3) is 0 Å². The Morgan fingerprint density at radius 3 is 2.38 bits per heavy atom. The van der Waals surface area contributed by atoms with Gasteiger partial charge in [-0.2, -0.15) is 18.4 Å². The van der Waals surface area contributed by atoms with E-state index in [-0.39, 0.29) is 35.5 Å². The number of nitrogens with one attached hydrogen (secondary N) is 1. The number of benzene rings is 1. The molecule has 0 unspecified atom stereocenters. The lowest BCUT2D eigenvalue weighted by molar-refractivity contribution is -0.138. The topological polar surface area (TPSA) is 76.4 Å². The highest BCUT2D eigenvalue weighted by Gasteiger charge is 2.43. The van der Waals surface area contributed by atoms with Gasteiger partial charge in [0.2, 0.25) is 11.8 Å². The van der Waals surface area contributed by atoms with Gasteiger partial charge in [0.15, 0.2) is 0 Å². The van der Waals surface area contributed by atoms with Gasteiger partial charge in [-0.25, -0.2) is 0 Å². The van der Waals surface area contributed by atoms with Crippen molar-refractivity contribution in [2.75, 3.05) is 38.1 Å². The Kier molecular flexibility index (Phi) is 7.01. The average Bonchev–Trinajstić information content (AvgIpc) is 3.22. The number of piperidine rings is 1. The van der Waals surface area contributed by atoms with Gasteiger partial charge in [0.05, 0.1) is 23.1 Å². The fourth-order valence-corrected chi connectivity index (χ4v) is 4.95. The van der Waals surface area contributed by atoms with E-state index in [2.05, 4.69) is 5.32 Å². The smallest absolute Gasteiger partial charge is 0.370 e. The van der Waals surface area contributed by atoms with Crippen LogP contribution in [0.5, 0.6) is 0 Å². The molecule has 2 saturated heterocycles. The van der Waals surface area contributed by atoms with Gasteiger partial charge in [-0.05, 0) is 42.9 Å². The van der Waals surface area contributed by atoms with Crippen LogP contribution in [-0.4, -0.2) is 49.9 Å². The number of hydrogen-bond acceptors (Lipinski definition) is 4. The molecule has 2 aliphatic rings. The molecule has 0 aromatic heterocycles. The first-order valence-electron chi connectivity index (χ1n) is 10.9. The monoisotopic (exact) mass is 450 g/mol. The van der Waals surface area contributed by atoms with E-state index >= 15 is 0 Å². The molecule has 0 aliphatic carbocycles. The van der Waals surface area contributed by atoms with E-state index in [1.807, 2.05) is 23.6 Å². The predicted molar refractivity (Wildman–Crippen MR) is 114 cm³/mol. The molecule has 3 rings (SSSR count). The summed E-state index contributed by atoms with van der Waals surface area (Å²) in [5.41, 5.74) is -1.01. The van der Waals surface area contributed by atoms with Gasteiger partial charge in [-0.1, -0.05) is 13.8 Å². The van der Waals surface area contributed by atoms with E-state index in [0.29, 0.717) is 31.9 Å². The van der Waals surface area contributed by atoms with Gasteiger partial charge < -0.3 is 15.1 Å². The largest absolute Gasteiger partial charge is 0.417 e. The van der Waals surface area contributed by atoms with E-state index in [9.17, 15) is 22.8 Å². The molecule has 0 saturated carbocycles. The molecule has 2 aliphatic heterocycles. The maximum atomic E-state index is 13.4. The summed E-state index contributed by atoms with van der Waals surface area (Å²) in [6.45, 7) is 5.79. The number of carbonyl (C=O) groups is 2. The van der Waals surface area contributed by atoms with E-state index in [1.54, 1.807) is 13.1 Å². The van der Waals surface area contributed by atoms with Crippen molar-refractivity contribution in [3.63, 3.8) is 0 Å². The number of carbonyl (C=O) groups excluding carboxylic acids is 2. The average molecular weight is 451 g/mol. The Balaban J connectivity index is 1.81. The van der Waals surface area contributed by atoms with Crippen molar-refractivity contribution in [1.82, 2.24) is 10.2 Å².